The zero-order chi connectivity index (χ0) is 15.5. The van der Waals surface area contributed by atoms with Crippen LogP contribution < -0.4 is 15.4 Å². The fraction of sp³-hybridized carbons (Fsp3) is 0.278. The first kappa shape index (κ1) is 14.4. The maximum atomic E-state index is 12.7. The SMILES string of the molecule is COc1ccccc1C(=O)c1ccc(N2CCCC2)c(N)c1. The molecule has 3 rings (SSSR count). The van der Waals surface area contributed by atoms with E-state index in [4.69, 9.17) is 10.5 Å². The van der Waals surface area contributed by atoms with Crippen LogP contribution in [-0.2, 0) is 0 Å². The van der Waals surface area contributed by atoms with E-state index in [2.05, 4.69) is 4.90 Å². The van der Waals surface area contributed by atoms with Gasteiger partial charge < -0.3 is 15.4 Å². The van der Waals surface area contributed by atoms with Gasteiger partial charge in [-0.1, -0.05) is 12.1 Å². The van der Waals surface area contributed by atoms with Gasteiger partial charge in [-0.3, -0.25) is 4.79 Å². The Morgan fingerprint density at radius 1 is 1.14 bits per heavy atom. The summed E-state index contributed by atoms with van der Waals surface area (Å²) in [5.41, 5.74) is 8.98. The van der Waals surface area contributed by atoms with Crippen molar-refractivity contribution < 1.29 is 9.53 Å². The zero-order valence-electron chi connectivity index (χ0n) is 12.7. The number of nitrogens with zero attached hydrogens (tertiary/aromatic N) is 1. The molecule has 0 spiro atoms. The third kappa shape index (κ3) is 2.64. The van der Waals surface area contributed by atoms with E-state index < -0.39 is 0 Å². The molecular formula is C18H20N2O2. The number of carbonyl (C=O) groups excluding carboxylic acids is 1. The largest absolute Gasteiger partial charge is 0.496 e. The molecule has 1 aliphatic heterocycles. The number of rotatable bonds is 4. The van der Waals surface area contributed by atoms with Gasteiger partial charge in [-0.05, 0) is 43.2 Å². The molecule has 0 atom stereocenters. The van der Waals surface area contributed by atoms with Crippen LogP contribution in [0.1, 0.15) is 28.8 Å². The number of hydrogen-bond donors (Lipinski definition) is 1. The van der Waals surface area contributed by atoms with E-state index in [1.165, 1.54) is 12.8 Å². The van der Waals surface area contributed by atoms with Gasteiger partial charge in [-0.25, -0.2) is 0 Å². The molecule has 4 nitrogen and oxygen atoms in total. The maximum Gasteiger partial charge on any atom is 0.196 e. The minimum Gasteiger partial charge on any atom is -0.496 e. The third-order valence-corrected chi connectivity index (χ3v) is 4.09. The molecule has 0 aromatic heterocycles. The van der Waals surface area contributed by atoms with Crippen LogP contribution in [0.5, 0.6) is 5.75 Å². The van der Waals surface area contributed by atoms with Crippen LogP contribution in [0.25, 0.3) is 0 Å². The second kappa shape index (κ2) is 6.10. The minimum absolute atomic E-state index is 0.0721. The Labute approximate surface area is 130 Å². The maximum absolute atomic E-state index is 12.7. The molecule has 1 heterocycles. The van der Waals surface area contributed by atoms with Crippen LogP contribution in [0.4, 0.5) is 11.4 Å². The van der Waals surface area contributed by atoms with E-state index in [0.717, 1.165) is 18.8 Å². The second-order valence-electron chi connectivity index (χ2n) is 5.50. The van der Waals surface area contributed by atoms with E-state index in [-0.39, 0.29) is 5.78 Å². The summed E-state index contributed by atoms with van der Waals surface area (Å²) in [4.78, 5) is 14.9. The normalized spacial score (nSPS) is 14.1. The molecule has 0 saturated carbocycles. The molecule has 0 aliphatic carbocycles. The van der Waals surface area contributed by atoms with Crippen molar-refractivity contribution in [3.05, 3.63) is 53.6 Å². The number of methoxy groups -OCH3 is 1. The lowest BCUT2D eigenvalue weighted by Gasteiger charge is -2.20. The highest BCUT2D eigenvalue weighted by atomic mass is 16.5. The molecule has 0 bridgehead atoms. The second-order valence-corrected chi connectivity index (χ2v) is 5.50. The number of para-hydroxylation sites is 1. The van der Waals surface area contributed by atoms with Crippen molar-refractivity contribution in [1.29, 1.82) is 0 Å². The standard InChI is InChI=1S/C18H20N2O2/c1-22-17-7-3-2-6-14(17)18(21)13-8-9-16(15(19)12-13)20-10-4-5-11-20/h2-3,6-9,12H,4-5,10-11,19H2,1H3. The Kier molecular flexibility index (Phi) is 4.00. The highest BCUT2D eigenvalue weighted by Gasteiger charge is 2.18. The number of anilines is 2. The molecule has 4 heteroatoms. The molecule has 2 aromatic rings. The summed E-state index contributed by atoms with van der Waals surface area (Å²) >= 11 is 0. The Balaban J connectivity index is 1.91. The Hall–Kier alpha value is -2.49. The molecular weight excluding hydrogens is 276 g/mol. The first-order valence-corrected chi connectivity index (χ1v) is 7.53. The first-order chi connectivity index (χ1) is 10.7. The van der Waals surface area contributed by atoms with Gasteiger partial charge in [0.25, 0.3) is 0 Å². The number of nitrogens with two attached hydrogens (primary N) is 1. The molecule has 1 fully saturated rings. The van der Waals surface area contributed by atoms with Gasteiger partial charge in [0.15, 0.2) is 5.78 Å². The Morgan fingerprint density at radius 3 is 2.55 bits per heavy atom. The number of benzene rings is 2. The molecule has 2 aromatic carbocycles. The van der Waals surface area contributed by atoms with E-state index in [9.17, 15) is 4.79 Å². The van der Waals surface area contributed by atoms with Crippen LogP contribution in [0.15, 0.2) is 42.5 Å². The number of nitrogen functional groups attached to an aromatic ring is 1. The molecule has 1 saturated heterocycles. The van der Waals surface area contributed by atoms with Crippen molar-refractivity contribution in [2.75, 3.05) is 30.8 Å². The average Bonchev–Trinajstić information content (AvgIpc) is 3.08. The van der Waals surface area contributed by atoms with Crippen molar-refractivity contribution in [2.45, 2.75) is 12.8 Å². The molecule has 0 unspecified atom stereocenters. The summed E-state index contributed by atoms with van der Waals surface area (Å²) in [6.45, 7) is 2.06. The molecule has 0 radical (unpaired) electrons. The Bertz CT molecular complexity index is 691. The summed E-state index contributed by atoms with van der Waals surface area (Å²) in [7, 11) is 1.57. The zero-order valence-corrected chi connectivity index (χ0v) is 12.7. The lowest BCUT2D eigenvalue weighted by molar-refractivity contribution is 0.103. The van der Waals surface area contributed by atoms with Crippen molar-refractivity contribution in [2.24, 2.45) is 0 Å². The lowest BCUT2D eigenvalue weighted by Crippen LogP contribution is -2.19. The van der Waals surface area contributed by atoms with Crippen LogP contribution >= 0.6 is 0 Å². The van der Waals surface area contributed by atoms with E-state index in [1.54, 1.807) is 25.3 Å². The summed E-state index contributed by atoms with van der Waals surface area (Å²) in [5.74, 6) is 0.506. The summed E-state index contributed by atoms with van der Waals surface area (Å²) in [6.07, 6.45) is 2.39. The van der Waals surface area contributed by atoms with Gasteiger partial charge >= 0.3 is 0 Å². The van der Waals surface area contributed by atoms with Crippen molar-refractivity contribution in [3.8, 4) is 5.75 Å². The number of hydrogen-bond acceptors (Lipinski definition) is 4. The number of carbonyl (C=O) groups is 1. The van der Waals surface area contributed by atoms with Crippen LogP contribution in [0.3, 0.4) is 0 Å². The first-order valence-electron chi connectivity index (χ1n) is 7.53. The monoisotopic (exact) mass is 296 g/mol. The van der Waals surface area contributed by atoms with E-state index >= 15 is 0 Å². The third-order valence-electron chi connectivity index (χ3n) is 4.09. The summed E-state index contributed by atoms with van der Waals surface area (Å²) in [6, 6.07) is 12.8. The van der Waals surface area contributed by atoms with E-state index in [0.29, 0.717) is 22.6 Å². The van der Waals surface area contributed by atoms with Crippen molar-refractivity contribution in [1.82, 2.24) is 0 Å². The van der Waals surface area contributed by atoms with Gasteiger partial charge in [0, 0.05) is 18.7 Å². The Morgan fingerprint density at radius 2 is 1.86 bits per heavy atom. The highest BCUT2D eigenvalue weighted by Crippen LogP contribution is 2.29. The fourth-order valence-corrected chi connectivity index (χ4v) is 2.93. The lowest BCUT2D eigenvalue weighted by atomic mass is 10.0. The van der Waals surface area contributed by atoms with Crippen molar-refractivity contribution >= 4 is 17.2 Å². The smallest absolute Gasteiger partial charge is 0.196 e. The summed E-state index contributed by atoms with van der Waals surface area (Å²) < 4.78 is 5.26. The predicted octanol–water partition coefficient (Wildman–Crippen LogP) is 3.11. The van der Waals surface area contributed by atoms with E-state index in [1.807, 2.05) is 24.3 Å². The van der Waals surface area contributed by atoms with Crippen LogP contribution in [-0.4, -0.2) is 26.0 Å². The van der Waals surface area contributed by atoms with Crippen LogP contribution in [0.2, 0.25) is 0 Å². The van der Waals surface area contributed by atoms with Crippen LogP contribution in [0, 0.1) is 0 Å². The summed E-state index contributed by atoms with van der Waals surface area (Å²) in [5, 5.41) is 0. The van der Waals surface area contributed by atoms with Gasteiger partial charge in [-0.15, -0.1) is 0 Å². The molecule has 1 aliphatic rings. The quantitative estimate of drug-likeness (QED) is 0.696. The number of ketones is 1. The predicted molar refractivity (Wildman–Crippen MR) is 88.7 cm³/mol. The fourth-order valence-electron chi connectivity index (χ4n) is 2.93. The van der Waals surface area contributed by atoms with Crippen molar-refractivity contribution in [3.63, 3.8) is 0 Å². The highest BCUT2D eigenvalue weighted by molar-refractivity contribution is 6.11. The molecule has 2 N–H and O–H groups in total. The topological polar surface area (TPSA) is 55.6 Å². The minimum atomic E-state index is -0.0721. The molecule has 114 valence electrons. The molecule has 22 heavy (non-hydrogen) atoms. The molecule has 0 amide bonds. The average molecular weight is 296 g/mol. The van der Waals surface area contributed by atoms with Gasteiger partial charge in [0.05, 0.1) is 24.0 Å². The van der Waals surface area contributed by atoms with Gasteiger partial charge in [0.2, 0.25) is 0 Å². The van der Waals surface area contributed by atoms with Gasteiger partial charge in [0.1, 0.15) is 5.75 Å². The van der Waals surface area contributed by atoms with Gasteiger partial charge in [-0.2, -0.15) is 0 Å². The number of ether oxygens (including phenoxy) is 1.